The molecule has 90 valence electrons. The fourth-order valence-electron chi connectivity index (χ4n) is 1.57. The average Bonchev–Trinajstić information content (AvgIpc) is 3.10. The number of aromatic nitrogens is 4. The van der Waals surface area contributed by atoms with E-state index in [-0.39, 0.29) is 17.1 Å². The Morgan fingerprint density at radius 1 is 1.17 bits per heavy atom. The molecule has 0 saturated carbocycles. The molecular formula is C9H5N5O4. The Kier molecular flexibility index (Phi) is 2.15. The van der Waals surface area contributed by atoms with Gasteiger partial charge in [0, 0.05) is 0 Å². The van der Waals surface area contributed by atoms with Crippen molar-refractivity contribution in [1.29, 1.82) is 0 Å². The van der Waals surface area contributed by atoms with Gasteiger partial charge in [-0.05, 0) is 0 Å². The Morgan fingerprint density at radius 2 is 1.83 bits per heavy atom. The number of nitro groups is 1. The second kappa shape index (κ2) is 3.80. The van der Waals surface area contributed by atoms with Gasteiger partial charge in [0.1, 0.15) is 18.2 Å². The lowest BCUT2D eigenvalue weighted by Crippen LogP contribution is -1.90. The number of nitrogens with zero attached hydrogens (tertiary/aromatic N) is 4. The molecule has 0 spiro atoms. The van der Waals surface area contributed by atoms with Crippen molar-refractivity contribution >= 4 is 5.69 Å². The van der Waals surface area contributed by atoms with Crippen LogP contribution in [0.2, 0.25) is 0 Å². The summed E-state index contributed by atoms with van der Waals surface area (Å²) < 4.78 is 9.30. The molecule has 0 unspecified atom stereocenters. The molecule has 3 rings (SSSR count). The maximum atomic E-state index is 11.1. The molecule has 0 saturated heterocycles. The standard InChI is InChI=1S/C9H5N5O4/c15-14(16)9-7(5-1-10-17-3-5)12-13-8(9)6-2-11-18-4-6/h1-4H,(H,12,13). The fraction of sp³-hybridized carbons (Fsp3) is 0. The van der Waals surface area contributed by atoms with Crippen molar-refractivity contribution in [1.82, 2.24) is 20.5 Å². The smallest absolute Gasteiger partial charge is 0.322 e. The van der Waals surface area contributed by atoms with Gasteiger partial charge in [-0.25, -0.2) is 0 Å². The molecule has 0 aliphatic rings. The van der Waals surface area contributed by atoms with Gasteiger partial charge in [-0.2, -0.15) is 5.10 Å². The second-order valence-corrected chi connectivity index (χ2v) is 3.38. The summed E-state index contributed by atoms with van der Waals surface area (Å²) in [6.07, 6.45) is 5.27. The number of rotatable bonds is 3. The van der Waals surface area contributed by atoms with Crippen molar-refractivity contribution in [3.63, 3.8) is 0 Å². The lowest BCUT2D eigenvalue weighted by Gasteiger charge is -1.92. The number of nitrogens with one attached hydrogen (secondary N) is 1. The lowest BCUT2D eigenvalue weighted by atomic mass is 10.1. The van der Waals surface area contributed by atoms with E-state index in [2.05, 4.69) is 29.6 Å². The molecule has 1 N–H and O–H groups in total. The van der Waals surface area contributed by atoms with E-state index in [1.807, 2.05) is 0 Å². The van der Waals surface area contributed by atoms with Crippen molar-refractivity contribution in [2.45, 2.75) is 0 Å². The topological polar surface area (TPSA) is 124 Å². The van der Waals surface area contributed by atoms with Gasteiger partial charge in [0.25, 0.3) is 0 Å². The van der Waals surface area contributed by atoms with Crippen molar-refractivity contribution in [2.24, 2.45) is 0 Å². The summed E-state index contributed by atoms with van der Waals surface area (Å²) in [7, 11) is 0. The number of aromatic amines is 1. The lowest BCUT2D eigenvalue weighted by molar-refractivity contribution is -0.383. The zero-order chi connectivity index (χ0) is 12.5. The Morgan fingerprint density at radius 3 is 2.39 bits per heavy atom. The highest BCUT2D eigenvalue weighted by Crippen LogP contribution is 2.35. The molecule has 0 aliphatic carbocycles. The summed E-state index contributed by atoms with van der Waals surface area (Å²) in [5.74, 6) is 0. The van der Waals surface area contributed by atoms with Crippen LogP contribution in [0.25, 0.3) is 22.5 Å². The van der Waals surface area contributed by atoms with Crippen molar-refractivity contribution < 1.29 is 14.0 Å². The number of hydrogen-bond donors (Lipinski definition) is 1. The van der Waals surface area contributed by atoms with Crippen LogP contribution < -0.4 is 0 Å². The van der Waals surface area contributed by atoms with Crippen LogP contribution >= 0.6 is 0 Å². The third-order valence-electron chi connectivity index (χ3n) is 2.35. The highest BCUT2D eigenvalue weighted by Gasteiger charge is 2.28. The summed E-state index contributed by atoms with van der Waals surface area (Å²) in [5.41, 5.74) is 1.05. The molecule has 18 heavy (non-hydrogen) atoms. The van der Waals surface area contributed by atoms with E-state index in [0.717, 1.165) is 0 Å². The van der Waals surface area contributed by atoms with E-state index in [4.69, 9.17) is 0 Å². The average molecular weight is 247 g/mol. The van der Waals surface area contributed by atoms with E-state index in [1.54, 1.807) is 0 Å². The summed E-state index contributed by atoms with van der Waals surface area (Å²) >= 11 is 0. The minimum atomic E-state index is -0.534. The SMILES string of the molecule is O=[N+]([O-])c1c(-c2cnoc2)n[nH]c1-c1cnoc1. The van der Waals surface area contributed by atoms with E-state index in [0.29, 0.717) is 11.1 Å². The third kappa shape index (κ3) is 1.45. The molecule has 0 aromatic carbocycles. The van der Waals surface area contributed by atoms with Gasteiger partial charge in [0.2, 0.25) is 0 Å². The molecule has 9 nitrogen and oxygen atoms in total. The van der Waals surface area contributed by atoms with Crippen molar-refractivity contribution in [2.75, 3.05) is 0 Å². The predicted octanol–water partition coefficient (Wildman–Crippen LogP) is 1.63. The Balaban J connectivity index is 2.21. The monoisotopic (exact) mass is 247 g/mol. The molecule has 3 aromatic rings. The third-order valence-corrected chi connectivity index (χ3v) is 2.35. The Labute approximate surface area is 98.5 Å². The highest BCUT2D eigenvalue weighted by atomic mass is 16.6. The first-order chi connectivity index (χ1) is 8.77. The molecular weight excluding hydrogens is 242 g/mol. The van der Waals surface area contributed by atoms with Gasteiger partial charge in [0.15, 0.2) is 5.69 Å². The van der Waals surface area contributed by atoms with Crippen molar-refractivity contribution in [3.05, 3.63) is 35.0 Å². The van der Waals surface area contributed by atoms with Crippen LogP contribution in [0.5, 0.6) is 0 Å². The summed E-state index contributed by atoms with van der Waals surface area (Å²) in [6.45, 7) is 0. The first kappa shape index (κ1) is 10.2. The van der Waals surface area contributed by atoms with E-state index in [1.165, 1.54) is 24.9 Å². The van der Waals surface area contributed by atoms with Gasteiger partial charge in [-0.1, -0.05) is 10.3 Å². The van der Waals surface area contributed by atoms with Crippen LogP contribution in [-0.4, -0.2) is 25.4 Å². The van der Waals surface area contributed by atoms with Crippen LogP contribution in [0.3, 0.4) is 0 Å². The molecule has 0 amide bonds. The van der Waals surface area contributed by atoms with Gasteiger partial charge in [-0.3, -0.25) is 15.2 Å². The summed E-state index contributed by atoms with van der Waals surface area (Å²) in [6, 6.07) is 0. The van der Waals surface area contributed by atoms with Gasteiger partial charge >= 0.3 is 5.69 Å². The zero-order valence-corrected chi connectivity index (χ0v) is 8.73. The van der Waals surface area contributed by atoms with Gasteiger partial charge in [-0.15, -0.1) is 0 Å². The first-order valence-corrected chi connectivity index (χ1v) is 4.79. The number of H-pyrrole nitrogens is 1. The maximum Gasteiger partial charge on any atom is 0.322 e. The molecule has 0 atom stereocenters. The van der Waals surface area contributed by atoms with Crippen LogP contribution in [-0.2, 0) is 0 Å². The molecule has 3 aromatic heterocycles. The second-order valence-electron chi connectivity index (χ2n) is 3.38. The molecule has 0 aliphatic heterocycles. The Bertz CT molecular complexity index is 618. The van der Waals surface area contributed by atoms with Crippen LogP contribution in [0.15, 0.2) is 34.0 Å². The molecule has 9 heteroatoms. The normalized spacial score (nSPS) is 10.7. The summed E-state index contributed by atoms with van der Waals surface area (Å²) in [5, 5.41) is 24.6. The molecule has 0 bridgehead atoms. The van der Waals surface area contributed by atoms with Crippen LogP contribution in [0.1, 0.15) is 0 Å². The minimum absolute atomic E-state index is 0.150. The van der Waals surface area contributed by atoms with E-state index in [9.17, 15) is 10.1 Å². The van der Waals surface area contributed by atoms with Crippen molar-refractivity contribution in [3.8, 4) is 22.5 Å². The zero-order valence-electron chi connectivity index (χ0n) is 8.73. The first-order valence-electron chi connectivity index (χ1n) is 4.79. The largest absolute Gasteiger partial charge is 0.364 e. The van der Waals surface area contributed by atoms with Crippen LogP contribution in [0.4, 0.5) is 5.69 Å². The van der Waals surface area contributed by atoms with Gasteiger partial charge in [0.05, 0.1) is 28.4 Å². The minimum Gasteiger partial charge on any atom is -0.364 e. The maximum absolute atomic E-state index is 11.1. The fourth-order valence-corrected chi connectivity index (χ4v) is 1.57. The van der Waals surface area contributed by atoms with E-state index < -0.39 is 4.92 Å². The number of hydrogen-bond acceptors (Lipinski definition) is 7. The molecule has 3 heterocycles. The van der Waals surface area contributed by atoms with E-state index >= 15 is 0 Å². The molecule has 0 fully saturated rings. The Hall–Kier alpha value is -2.97. The highest BCUT2D eigenvalue weighted by molar-refractivity contribution is 5.80. The van der Waals surface area contributed by atoms with Gasteiger partial charge < -0.3 is 9.05 Å². The summed E-state index contributed by atoms with van der Waals surface area (Å²) in [4.78, 5) is 10.6. The molecule has 0 radical (unpaired) electrons. The van der Waals surface area contributed by atoms with Crippen LogP contribution in [0, 0.1) is 10.1 Å². The predicted molar refractivity (Wildman–Crippen MR) is 56.2 cm³/mol. The quantitative estimate of drug-likeness (QED) is 0.550.